The summed E-state index contributed by atoms with van der Waals surface area (Å²) in [5.41, 5.74) is 1.80. The molecule has 0 aromatic carbocycles. The molecule has 2 rings (SSSR count). The van der Waals surface area contributed by atoms with Crippen LogP contribution in [0.1, 0.15) is 41.9 Å². The third-order valence-electron chi connectivity index (χ3n) is 3.19. The van der Waals surface area contributed by atoms with Crippen LogP contribution in [0.4, 0.5) is 0 Å². The highest BCUT2D eigenvalue weighted by atomic mass is 16.2. The van der Waals surface area contributed by atoms with Crippen LogP contribution in [-0.2, 0) is 11.2 Å². The van der Waals surface area contributed by atoms with Gasteiger partial charge in [-0.1, -0.05) is 0 Å². The van der Waals surface area contributed by atoms with Crippen LogP contribution >= 0.6 is 0 Å². The van der Waals surface area contributed by atoms with Gasteiger partial charge in [-0.2, -0.15) is 0 Å². The molecule has 1 unspecified atom stereocenters. The predicted octanol–water partition coefficient (Wildman–Crippen LogP) is 1.31. The molecule has 1 aliphatic rings. The van der Waals surface area contributed by atoms with Crippen molar-refractivity contribution in [1.29, 1.82) is 0 Å². The highest BCUT2D eigenvalue weighted by Gasteiger charge is 2.24. The molecule has 1 aliphatic carbocycles. The summed E-state index contributed by atoms with van der Waals surface area (Å²) in [6, 6.07) is 1.58. The van der Waals surface area contributed by atoms with Crippen molar-refractivity contribution < 1.29 is 9.59 Å². The van der Waals surface area contributed by atoms with Crippen molar-refractivity contribution in [3.05, 3.63) is 23.5 Å². The van der Waals surface area contributed by atoms with Gasteiger partial charge in [-0.05, 0) is 25.8 Å². The number of nitrogens with zero attached hydrogens (tertiary/aromatic N) is 1. The Morgan fingerprint density at radius 1 is 1.50 bits per heavy atom. The lowest BCUT2D eigenvalue weighted by atomic mass is 9.96. The summed E-state index contributed by atoms with van der Waals surface area (Å²) in [6.45, 7) is 1.85. The maximum absolute atomic E-state index is 11.6. The zero-order valence-corrected chi connectivity index (χ0v) is 9.62. The maximum atomic E-state index is 11.6. The second-order valence-corrected chi connectivity index (χ2v) is 4.15. The van der Waals surface area contributed by atoms with Gasteiger partial charge in [-0.25, -0.2) is 0 Å². The zero-order chi connectivity index (χ0) is 11.7. The molecule has 0 fully saturated rings. The molecule has 0 saturated carbocycles. The first-order valence-corrected chi connectivity index (χ1v) is 5.59. The number of rotatable bonds is 2. The molecule has 0 spiro atoms. The molecule has 4 heteroatoms. The number of fused-ring (bicyclic) bond motifs is 1. The summed E-state index contributed by atoms with van der Waals surface area (Å²) in [4.78, 5) is 23.2. The van der Waals surface area contributed by atoms with Crippen LogP contribution in [0.2, 0.25) is 0 Å². The minimum Gasteiger partial charge on any atom is -0.357 e. The summed E-state index contributed by atoms with van der Waals surface area (Å²) in [5.74, 6) is 0.167. The van der Waals surface area contributed by atoms with Gasteiger partial charge in [0.15, 0.2) is 5.78 Å². The van der Waals surface area contributed by atoms with E-state index in [2.05, 4.69) is 5.32 Å². The average Bonchev–Trinajstić information content (AvgIpc) is 2.72. The van der Waals surface area contributed by atoms with Crippen molar-refractivity contribution in [1.82, 2.24) is 9.88 Å². The van der Waals surface area contributed by atoms with Crippen molar-refractivity contribution in [2.45, 2.75) is 32.2 Å². The first kappa shape index (κ1) is 10.9. The molecular weight excluding hydrogens is 204 g/mol. The standard InChI is InChI=1S/C12H16N2O2/c1-8(12(16)13-2)14-7-6-9-10(14)4-3-5-11(9)15/h6-8H,3-5H2,1-2H3,(H,13,16). The minimum atomic E-state index is -0.250. The molecule has 0 saturated heterocycles. The van der Waals surface area contributed by atoms with Crippen molar-refractivity contribution in [3.8, 4) is 0 Å². The van der Waals surface area contributed by atoms with Crippen LogP contribution in [0, 0.1) is 0 Å². The van der Waals surface area contributed by atoms with E-state index in [1.807, 2.05) is 23.8 Å². The zero-order valence-electron chi connectivity index (χ0n) is 9.62. The Morgan fingerprint density at radius 2 is 2.25 bits per heavy atom. The number of likely N-dealkylation sites (N-methyl/N-ethyl adjacent to an activating group) is 1. The van der Waals surface area contributed by atoms with E-state index in [0.717, 1.165) is 24.1 Å². The topological polar surface area (TPSA) is 51.1 Å². The molecule has 1 aromatic heterocycles. The normalized spacial score (nSPS) is 16.8. The fourth-order valence-electron chi connectivity index (χ4n) is 2.25. The van der Waals surface area contributed by atoms with Gasteiger partial charge >= 0.3 is 0 Å². The third kappa shape index (κ3) is 1.64. The quantitative estimate of drug-likeness (QED) is 0.817. The second kappa shape index (κ2) is 4.12. The fourth-order valence-corrected chi connectivity index (χ4v) is 2.25. The third-order valence-corrected chi connectivity index (χ3v) is 3.19. The number of carbonyl (C=O) groups excluding carboxylic acids is 2. The lowest BCUT2D eigenvalue weighted by molar-refractivity contribution is -0.123. The molecule has 4 nitrogen and oxygen atoms in total. The van der Waals surface area contributed by atoms with Crippen molar-refractivity contribution >= 4 is 11.7 Å². The average molecular weight is 220 g/mol. The summed E-state index contributed by atoms with van der Waals surface area (Å²) in [5, 5.41) is 2.63. The monoisotopic (exact) mass is 220 g/mol. The molecular formula is C12H16N2O2. The van der Waals surface area contributed by atoms with Crippen molar-refractivity contribution in [2.75, 3.05) is 7.05 Å². The van der Waals surface area contributed by atoms with E-state index in [1.165, 1.54) is 0 Å². The molecule has 0 bridgehead atoms. The van der Waals surface area contributed by atoms with Crippen LogP contribution in [0.15, 0.2) is 12.3 Å². The Labute approximate surface area is 94.6 Å². The molecule has 1 aromatic rings. The van der Waals surface area contributed by atoms with Crippen molar-refractivity contribution in [2.24, 2.45) is 0 Å². The summed E-state index contributed by atoms with van der Waals surface area (Å²) in [7, 11) is 1.62. The van der Waals surface area contributed by atoms with E-state index >= 15 is 0 Å². The van der Waals surface area contributed by atoms with Crippen LogP contribution in [0.5, 0.6) is 0 Å². The number of Topliss-reactive ketones (excluding diaryl/α,β-unsaturated/α-hetero) is 1. The number of hydrogen-bond donors (Lipinski definition) is 1. The summed E-state index contributed by atoms with van der Waals surface area (Å²) >= 11 is 0. The number of hydrogen-bond acceptors (Lipinski definition) is 2. The van der Waals surface area contributed by atoms with Gasteiger partial charge in [0, 0.05) is 30.9 Å². The largest absolute Gasteiger partial charge is 0.357 e. The Balaban J connectivity index is 2.36. The molecule has 1 N–H and O–H groups in total. The number of amides is 1. The van der Waals surface area contributed by atoms with Gasteiger partial charge in [0.2, 0.25) is 5.91 Å². The van der Waals surface area contributed by atoms with E-state index in [0.29, 0.717) is 6.42 Å². The van der Waals surface area contributed by atoms with Crippen LogP contribution in [0.25, 0.3) is 0 Å². The molecule has 0 aliphatic heterocycles. The first-order valence-electron chi connectivity index (χ1n) is 5.59. The summed E-state index contributed by atoms with van der Waals surface area (Å²) in [6.07, 6.45) is 4.24. The first-order chi connectivity index (χ1) is 7.65. The molecule has 1 atom stereocenters. The highest BCUT2D eigenvalue weighted by molar-refractivity contribution is 5.98. The van der Waals surface area contributed by atoms with Gasteiger partial charge < -0.3 is 9.88 Å². The van der Waals surface area contributed by atoms with E-state index < -0.39 is 0 Å². The van der Waals surface area contributed by atoms with E-state index in [-0.39, 0.29) is 17.7 Å². The smallest absolute Gasteiger partial charge is 0.242 e. The Kier molecular flexibility index (Phi) is 2.81. The Hall–Kier alpha value is -1.58. The molecule has 86 valence electrons. The Bertz CT molecular complexity index is 434. The SMILES string of the molecule is CNC(=O)C(C)n1ccc2c1CCCC2=O. The predicted molar refractivity (Wildman–Crippen MR) is 60.5 cm³/mol. The van der Waals surface area contributed by atoms with Gasteiger partial charge in [-0.15, -0.1) is 0 Å². The number of carbonyl (C=O) groups is 2. The van der Waals surface area contributed by atoms with Gasteiger partial charge in [0.05, 0.1) is 0 Å². The van der Waals surface area contributed by atoms with Crippen LogP contribution < -0.4 is 5.32 Å². The molecule has 0 radical (unpaired) electrons. The Morgan fingerprint density at radius 3 is 2.94 bits per heavy atom. The van der Waals surface area contributed by atoms with Gasteiger partial charge in [-0.3, -0.25) is 9.59 Å². The fraction of sp³-hybridized carbons (Fsp3) is 0.500. The number of nitrogens with one attached hydrogen (secondary N) is 1. The van der Waals surface area contributed by atoms with Gasteiger partial charge in [0.25, 0.3) is 0 Å². The molecule has 16 heavy (non-hydrogen) atoms. The lowest BCUT2D eigenvalue weighted by Crippen LogP contribution is -2.29. The number of aromatic nitrogens is 1. The highest BCUT2D eigenvalue weighted by Crippen LogP contribution is 2.25. The van der Waals surface area contributed by atoms with E-state index in [9.17, 15) is 9.59 Å². The van der Waals surface area contributed by atoms with Gasteiger partial charge in [0.1, 0.15) is 6.04 Å². The maximum Gasteiger partial charge on any atom is 0.242 e. The molecule has 1 heterocycles. The molecule has 1 amide bonds. The van der Waals surface area contributed by atoms with E-state index in [4.69, 9.17) is 0 Å². The van der Waals surface area contributed by atoms with Crippen LogP contribution in [-0.4, -0.2) is 23.3 Å². The lowest BCUT2D eigenvalue weighted by Gasteiger charge is -2.19. The van der Waals surface area contributed by atoms with E-state index in [1.54, 1.807) is 7.05 Å². The second-order valence-electron chi connectivity index (χ2n) is 4.15. The van der Waals surface area contributed by atoms with Crippen LogP contribution in [0.3, 0.4) is 0 Å². The summed E-state index contributed by atoms with van der Waals surface area (Å²) < 4.78 is 1.91. The van der Waals surface area contributed by atoms with Crippen molar-refractivity contribution in [3.63, 3.8) is 0 Å². The minimum absolute atomic E-state index is 0.0311. The number of ketones is 1.